The maximum Gasteiger partial charge on any atom is 0.229 e. The van der Waals surface area contributed by atoms with Crippen LogP contribution in [0.5, 0.6) is 0 Å². The molecular weight excluding hydrogens is 273 g/mol. The average Bonchev–Trinajstić information content (AvgIpc) is 2.29. The first kappa shape index (κ1) is 15.0. The van der Waals surface area contributed by atoms with Crippen molar-refractivity contribution in [1.82, 2.24) is 4.90 Å². The van der Waals surface area contributed by atoms with Crippen LogP contribution in [0.3, 0.4) is 0 Å². The molecule has 0 unspecified atom stereocenters. The Kier molecular flexibility index (Phi) is 5.63. The highest BCUT2D eigenvalue weighted by atomic mass is 35.5. The van der Waals surface area contributed by atoms with E-state index in [1.54, 1.807) is 24.1 Å². The second kappa shape index (κ2) is 6.76. The molecule has 98 valence electrons. The van der Waals surface area contributed by atoms with E-state index in [1.165, 1.54) is 6.92 Å². The zero-order chi connectivity index (χ0) is 13.7. The molecule has 0 saturated carbocycles. The molecule has 0 aliphatic carbocycles. The summed E-state index contributed by atoms with van der Waals surface area (Å²) >= 11 is 11.7. The van der Waals surface area contributed by atoms with Crippen LogP contribution in [0.4, 0.5) is 0 Å². The highest BCUT2D eigenvalue weighted by molar-refractivity contribution is 6.42. The molecule has 0 heterocycles. The van der Waals surface area contributed by atoms with Gasteiger partial charge in [0.05, 0.1) is 16.5 Å². The van der Waals surface area contributed by atoms with Crippen LogP contribution < -0.4 is 0 Å². The molecule has 1 aromatic rings. The van der Waals surface area contributed by atoms with Crippen molar-refractivity contribution in [3.8, 4) is 0 Å². The number of rotatable bonds is 5. The van der Waals surface area contributed by atoms with E-state index < -0.39 is 0 Å². The van der Waals surface area contributed by atoms with Crippen molar-refractivity contribution >= 4 is 34.9 Å². The maximum atomic E-state index is 11.6. The molecule has 0 saturated heterocycles. The Bertz CT molecular complexity index is 460. The van der Waals surface area contributed by atoms with Gasteiger partial charge in [-0.2, -0.15) is 0 Å². The van der Waals surface area contributed by atoms with Crippen molar-refractivity contribution in [2.45, 2.75) is 19.8 Å². The lowest BCUT2D eigenvalue weighted by Crippen LogP contribution is -2.30. The van der Waals surface area contributed by atoms with Crippen LogP contribution in [0.1, 0.15) is 18.9 Å². The van der Waals surface area contributed by atoms with E-state index in [2.05, 4.69) is 0 Å². The Morgan fingerprint density at radius 3 is 2.44 bits per heavy atom. The minimum Gasteiger partial charge on any atom is -0.345 e. The van der Waals surface area contributed by atoms with Crippen LogP contribution in [0.2, 0.25) is 10.0 Å². The summed E-state index contributed by atoms with van der Waals surface area (Å²) in [5.41, 5.74) is 1.01. The second-order valence-electron chi connectivity index (χ2n) is 4.19. The van der Waals surface area contributed by atoms with E-state index in [0.717, 1.165) is 5.56 Å². The van der Waals surface area contributed by atoms with Gasteiger partial charge in [0.1, 0.15) is 5.78 Å². The van der Waals surface area contributed by atoms with Gasteiger partial charge in [-0.25, -0.2) is 0 Å². The lowest BCUT2D eigenvalue weighted by Gasteiger charge is -2.16. The van der Waals surface area contributed by atoms with Crippen LogP contribution in [-0.2, 0) is 16.0 Å². The average molecular weight is 288 g/mol. The first-order chi connectivity index (χ1) is 8.40. The molecular formula is C13H15Cl2NO2. The topological polar surface area (TPSA) is 37.4 Å². The lowest BCUT2D eigenvalue weighted by molar-refractivity contribution is -0.133. The molecule has 0 N–H and O–H groups in total. The van der Waals surface area contributed by atoms with Gasteiger partial charge in [0.15, 0.2) is 0 Å². The molecule has 0 radical (unpaired) electrons. The number of ketones is 1. The molecule has 0 bridgehead atoms. The highest BCUT2D eigenvalue weighted by Crippen LogP contribution is 2.22. The molecule has 0 fully saturated rings. The first-order valence-electron chi connectivity index (χ1n) is 5.57. The zero-order valence-electron chi connectivity index (χ0n) is 10.4. The van der Waals surface area contributed by atoms with Crippen molar-refractivity contribution in [1.29, 1.82) is 0 Å². The molecule has 1 rings (SSSR count). The highest BCUT2D eigenvalue weighted by Gasteiger charge is 2.11. The number of carbonyl (C=O) groups excluding carboxylic acids is 2. The second-order valence-corrected chi connectivity index (χ2v) is 5.01. The van der Waals surface area contributed by atoms with Gasteiger partial charge in [-0.15, -0.1) is 0 Å². The van der Waals surface area contributed by atoms with Crippen LogP contribution in [0.15, 0.2) is 18.2 Å². The summed E-state index contributed by atoms with van der Waals surface area (Å²) in [7, 11) is 1.68. The third kappa shape index (κ3) is 4.67. The summed E-state index contributed by atoms with van der Waals surface area (Å²) in [6, 6.07) is 5.39. The van der Waals surface area contributed by atoms with Crippen molar-refractivity contribution in [3.05, 3.63) is 33.8 Å². The van der Waals surface area contributed by atoms with E-state index in [4.69, 9.17) is 23.2 Å². The van der Waals surface area contributed by atoms with E-state index >= 15 is 0 Å². The first-order valence-corrected chi connectivity index (χ1v) is 6.33. The molecule has 0 aromatic heterocycles. The number of nitrogens with zero attached hydrogens (tertiary/aromatic N) is 1. The number of benzene rings is 1. The van der Waals surface area contributed by atoms with Crippen LogP contribution >= 0.6 is 23.2 Å². The van der Waals surface area contributed by atoms with Gasteiger partial charge in [0, 0.05) is 13.6 Å². The normalized spacial score (nSPS) is 10.2. The van der Waals surface area contributed by atoms with Crippen molar-refractivity contribution in [2.24, 2.45) is 0 Å². The molecule has 0 spiro atoms. The summed E-state index contributed by atoms with van der Waals surface area (Å²) in [4.78, 5) is 23.9. The lowest BCUT2D eigenvalue weighted by atomic mass is 10.1. The molecule has 0 aliphatic rings. The predicted molar refractivity (Wildman–Crippen MR) is 73.1 cm³/mol. The van der Waals surface area contributed by atoms with Gasteiger partial charge >= 0.3 is 0 Å². The quantitative estimate of drug-likeness (QED) is 0.781. The molecule has 18 heavy (non-hydrogen) atoms. The Labute approximate surface area is 117 Å². The van der Waals surface area contributed by atoms with Gasteiger partial charge in [-0.3, -0.25) is 9.59 Å². The van der Waals surface area contributed by atoms with Gasteiger partial charge in [-0.05, 0) is 31.0 Å². The van der Waals surface area contributed by atoms with E-state index in [1.807, 2.05) is 6.07 Å². The van der Waals surface area contributed by atoms with E-state index in [0.29, 0.717) is 23.0 Å². The van der Waals surface area contributed by atoms with Gasteiger partial charge in [0.2, 0.25) is 5.91 Å². The van der Waals surface area contributed by atoms with E-state index in [9.17, 15) is 9.59 Å². The van der Waals surface area contributed by atoms with Gasteiger partial charge in [0.25, 0.3) is 0 Å². The van der Waals surface area contributed by atoms with Crippen LogP contribution in [-0.4, -0.2) is 30.2 Å². The largest absolute Gasteiger partial charge is 0.345 e. The van der Waals surface area contributed by atoms with Gasteiger partial charge in [-0.1, -0.05) is 29.3 Å². The Morgan fingerprint density at radius 2 is 1.89 bits per heavy atom. The number of hydrogen-bond donors (Lipinski definition) is 0. The molecule has 0 aliphatic heterocycles. The summed E-state index contributed by atoms with van der Waals surface area (Å²) in [5.74, 6) is -0.288. The molecule has 1 amide bonds. The maximum absolute atomic E-state index is 11.6. The molecule has 5 heteroatoms. The van der Waals surface area contributed by atoms with E-state index in [-0.39, 0.29) is 18.1 Å². The zero-order valence-corrected chi connectivity index (χ0v) is 11.9. The SMILES string of the molecule is CC(=O)CC(=O)N(C)CCc1ccc(Cl)c(Cl)c1. The Morgan fingerprint density at radius 1 is 1.22 bits per heavy atom. The molecule has 3 nitrogen and oxygen atoms in total. The van der Waals surface area contributed by atoms with Gasteiger partial charge < -0.3 is 4.90 Å². The standard InChI is InChI=1S/C13H15Cl2NO2/c1-9(17)7-13(18)16(2)6-5-10-3-4-11(14)12(15)8-10/h3-4,8H,5-7H2,1-2H3. The molecule has 1 aromatic carbocycles. The number of amides is 1. The Hall–Kier alpha value is -1.06. The number of carbonyl (C=O) groups is 2. The number of Topliss-reactive ketones (excluding diaryl/α,β-unsaturated/α-hetero) is 1. The number of hydrogen-bond acceptors (Lipinski definition) is 2. The summed E-state index contributed by atoms with van der Waals surface area (Å²) in [5, 5.41) is 1.02. The van der Waals surface area contributed by atoms with Crippen LogP contribution in [0.25, 0.3) is 0 Å². The number of halogens is 2. The third-order valence-electron chi connectivity index (χ3n) is 2.55. The fraction of sp³-hybridized carbons (Fsp3) is 0.385. The summed E-state index contributed by atoms with van der Waals surface area (Å²) < 4.78 is 0. The van der Waals surface area contributed by atoms with Crippen LogP contribution in [0, 0.1) is 0 Å². The third-order valence-corrected chi connectivity index (χ3v) is 3.28. The van der Waals surface area contributed by atoms with Crippen molar-refractivity contribution in [2.75, 3.05) is 13.6 Å². The molecule has 0 atom stereocenters. The minimum atomic E-state index is -0.164. The Balaban J connectivity index is 2.51. The van der Waals surface area contributed by atoms with Crippen molar-refractivity contribution in [3.63, 3.8) is 0 Å². The number of likely N-dealkylation sites (N-methyl/N-ethyl adjacent to an activating group) is 1. The summed E-state index contributed by atoms with van der Waals surface area (Å²) in [6.07, 6.45) is 0.634. The van der Waals surface area contributed by atoms with Crippen molar-refractivity contribution < 1.29 is 9.59 Å². The fourth-order valence-corrected chi connectivity index (χ4v) is 1.79. The smallest absolute Gasteiger partial charge is 0.229 e. The monoisotopic (exact) mass is 287 g/mol. The predicted octanol–water partition coefficient (Wildman–Crippen LogP) is 2.97. The fourth-order valence-electron chi connectivity index (χ4n) is 1.46. The minimum absolute atomic E-state index is 0.0438. The summed E-state index contributed by atoms with van der Waals surface area (Å²) in [6.45, 7) is 1.95.